The van der Waals surface area contributed by atoms with Gasteiger partial charge < -0.3 is 28.8 Å². The minimum atomic E-state index is -0.0830. The van der Waals surface area contributed by atoms with Gasteiger partial charge in [-0.15, -0.1) is 0 Å². The number of benzene rings is 1. The number of rotatable bonds is 11. The summed E-state index contributed by atoms with van der Waals surface area (Å²) in [4.78, 5) is 0. The second-order valence-corrected chi connectivity index (χ2v) is 4.29. The Morgan fingerprint density at radius 1 is 0.905 bits per heavy atom. The van der Waals surface area contributed by atoms with E-state index in [9.17, 15) is 5.11 Å². The van der Waals surface area contributed by atoms with Gasteiger partial charge in [-0.3, -0.25) is 0 Å². The van der Waals surface area contributed by atoms with Gasteiger partial charge in [-0.25, -0.2) is 0 Å². The van der Waals surface area contributed by atoms with E-state index in [0.717, 1.165) is 6.42 Å². The van der Waals surface area contributed by atoms with E-state index in [1.807, 2.05) is 0 Å². The second kappa shape index (κ2) is 10.3. The highest BCUT2D eigenvalue weighted by atomic mass is 16.5. The number of aliphatic hydroxyl groups is 1. The van der Waals surface area contributed by atoms with Gasteiger partial charge in [0, 0.05) is 20.1 Å². The lowest BCUT2D eigenvalue weighted by atomic mass is 10.2. The summed E-state index contributed by atoms with van der Waals surface area (Å²) in [5.74, 6) is 1.62. The molecule has 1 aromatic carbocycles. The quantitative estimate of drug-likeness (QED) is 0.627. The van der Waals surface area contributed by atoms with Crippen molar-refractivity contribution in [3.63, 3.8) is 0 Å². The molecule has 0 aromatic heterocycles. The van der Waals surface area contributed by atoms with Crippen LogP contribution in [0.5, 0.6) is 17.2 Å². The topological polar surface area (TPSA) is 66.4 Å². The molecule has 0 unspecified atom stereocenters. The molecule has 21 heavy (non-hydrogen) atoms. The third kappa shape index (κ3) is 5.79. The zero-order valence-electron chi connectivity index (χ0n) is 12.9. The van der Waals surface area contributed by atoms with Gasteiger partial charge in [0.1, 0.15) is 0 Å². The molecule has 0 spiro atoms. The summed E-state index contributed by atoms with van der Waals surface area (Å²) < 4.78 is 26.5. The summed E-state index contributed by atoms with van der Waals surface area (Å²) in [5, 5.41) is 9.21. The Labute approximate surface area is 125 Å². The van der Waals surface area contributed by atoms with Crippen LogP contribution in [0.1, 0.15) is 12.0 Å². The van der Waals surface area contributed by atoms with Gasteiger partial charge in [-0.1, -0.05) is 0 Å². The van der Waals surface area contributed by atoms with Gasteiger partial charge in [0.15, 0.2) is 11.5 Å². The van der Waals surface area contributed by atoms with E-state index in [2.05, 4.69) is 0 Å². The maximum atomic E-state index is 9.21. The van der Waals surface area contributed by atoms with Crippen LogP contribution >= 0.6 is 0 Å². The first kappa shape index (κ1) is 17.6. The van der Waals surface area contributed by atoms with Crippen LogP contribution in [0.2, 0.25) is 0 Å². The Morgan fingerprint density at radius 3 is 2.10 bits per heavy atom. The molecule has 0 aliphatic rings. The normalized spacial score (nSPS) is 10.5. The molecule has 0 bridgehead atoms. The molecule has 1 N–H and O–H groups in total. The molecular formula is C15H24O6. The summed E-state index contributed by atoms with van der Waals surface area (Å²) in [6, 6.07) is 3.46. The van der Waals surface area contributed by atoms with Crippen molar-refractivity contribution < 1.29 is 28.8 Å². The Bertz CT molecular complexity index is 382. The molecule has 0 saturated carbocycles. The maximum absolute atomic E-state index is 9.21. The third-order valence-electron chi connectivity index (χ3n) is 2.81. The molecule has 1 rings (SSSR count). The van der Waals surface area contributed by atoms with Crippen molar-refractivity contribution >= 4 is 0 Å². The van der Waals surface area contributed by atoms with Crippen molar-refractivity contribution in [1.82, 2.24) is 0 Å². The van der Waals surface area contributed by atoms with Crippen LogP contribution < -0.4 is 14.2 Å². The van der Waals surface area contributed by atoms with Crippen molar-refractivity contribution in [1.29, 1.82) is 0 Å². The average Bonchev–Trinajstić information content (AvgIpc) is 2.53. The first-order valence-corrected chi connectivity index (χ1v) is 6.82. The number of ether oxygens (including phenoxy) is 5. The summed E-state index contributed by atoms with van der Waals surface area (Å²) in [6.07, 6.45) is 0.748. The van der Waals surface area contributed by atoms with E-state index in [4.69, 9.17) is 23.7 Å². The van der Waals surface area contributed by atoms with Crippen LogP contribution in [0.3, 0.4) is 0 Å². The largest absolute Gasteiger partial charge is 0.493 e. The van der Waals surface area contributed by atoms with Crippen LogP contribution in [-0.2, 0) is 16.1 Å². The van der Waals surface area contributed by atoms with Crippen LogP contribution in [-0.4, -0.2) is 52.9 Å². The predicted octanol–water partition coefficient (Wildman–Crippen LogP) is 1.63. The lowest BCUT2D eigenvalue weighted by Gasteiger charge is -2.15. The molecule has 1 aromatic rings. The van der Waals surface area contributed by atoms with Gasteiger partial charge in [0.05, 0.1) is 40.6 Å². The van der Waals surface area contributed by atoms with Crippen LogP contribution in [0.25, 0.3) is 0 Å². The standard InChI is InChI=1S/C15H24O6/c1-17-7-8-20-5-4-6-21-15-13(18-2)9-12(11-16)10-14(15)19-3/h9-10,16H,4-8,11H2,1-3H3. The number of aliphatic hydroxyl groups excluding tert-OH is 1. The SMILES string of the molecule is COCCOCCCOc1c(OC)cc(CO)cc1OC. The Morgan fingerprint density at radius 2 is 1.57 bits per heavy atom. The fraction of sp³-hybridized carbons (Fsp3) is 0.600. The number of hydrogen-bond acceptors (Lipinski definition) is 6. The predicted molar refractivity (Wildman–Crippen MR) is 78.3 cm³/mol. The maximum Gasteiger partial charge on any atom is 0.203 e. The Balaban J connectivity index is 2.53. The summed E-state index contributed by atoms with van der Waals surface area (Å²) in [6.45, 7) is 2.17. The molecule has 6 heteroatoms. The second-order valence-electron chi connectivity index (χ2n) is 4.29. The highest BCUT2D eigenvalue weighted by Gasteiger charge is 2.13. The molecule has 0 fully saturated rings. The smallest absolute Gasteiger partial charge is 0.203 e. The summed E-state index contributed by atoms with van der Waals surface area (Å²) >= 11 is 0. The molecule has 6 nitrogen and oxygen atoms in total. The van der Waals surface area contributed by atoms with E-state index in [1.165, 1.54) is 0 Å². The Hall–Kier alpha value is -1.50. The van der Waals surface area contributed by atoms with Crippen molar-refractivity contribution in [3.05, 3.63) is 17.7 Å². The minimum Gasteiger partial charge on any atom is -0.493 e. The van der Waals surface area contributed by atoms with Gasteiger partial charge in [0.25, 0.3) is 0 Å². The summed E-state index contributed by atoms with van der Waals surface area (Å²) in [5.41, 5.74) is 0.707. The number of methoxy groups -OCH3 is 3. The first-order chi connectivity index (χ1) is 10.3. The van der Waals surface area contributed by atoms with Crippen molar-refractivity contribution in [2.24, 2.45) is 0 Å². The minimum absolute atomic E-state index is 0.0830. The molecular weight excluding hydrogens is 276 g/mol. The van der Waals surface area contributed by atoms with Gasteiger partial charge in [-0.2, -0.15) is 0 Å². The van der Waals surface area contributed by atoms with E-state index in [-0.39, 0.29) is 6.61 Å². The number of hydrogen-bond donors (Lipinski definition) is 1. The van der Waals surface area contributed by atoms with Crippen molar-refractivity contribution in [2.45, 2.75) is 13.0 Å². The van der Waals surface area contributed by atoms with Crippen LogP contribution in [0.4, 0.5) is 0 Å². The van der Waals surface area contributed by atoms with E-state index in [1.54, 1.807) is 33.5 Å². The van der Waals surface area contributed by atoms with Gasteiger partial charge >= 0.3 is 0 Å². The third-order valence-corrected chi connectivity index (χ3v) is 2.81. The molecule has 0 radical (unpaired) electrons. The van der Waals surface area contributed by atoms with Crippen LogP contribution in [0.15, 0.2) is 12.1 Å². The highest BCUT2D eigenvalue weighted by molar-refractivity contribution is 5.53. The first-order valence-electron chi connectivity index (χ1n) is 6.82. The molecule has 0 amide bonds. The van der Waals surface area contributed by atoms with Crippen molar-refractivity contribution in [2.75, 3.05) is 47.8 Å². The summed E-state index contributed by atoms with van der Waals surface area (Å²) in [7, 11) is 4.74. The lowest BCUT2D eigenvalue weighted by Crippen LogP contribution is -2.08. The van der Waals surface area contributed by atoms with Gasteiger partial charge in [0.2, 0.25) is 5.75 Å². The fourth-order valence-electron chi connectivity index (χ4n) is 1.75. The highest BCUT2D eigenvalue weighted by Crippen LogP contribution is 2.38. The molecule has 0 heterocycles. The van der Waals surface area contributed by atoms with E-state index in [0.29, 0.717) is 49.2 Å². The lowest BCUT2D eigenvalue weighted by molar-refractivity contribution is 0.0641. The fourth-order valence-corrected chi connectivity index (χ4v) is 1.75. The zero-order valence-corrected chi connectivity index (χ0v) is 12.9. The monoisotopic (exact) mass is 300 g/mol. The zero-order chi connectivity index (χ0) is 15.5. The van der Waals surface area contributed by atoms with Gasteiger partial charge in [-0.05, 0) is 17.7 Å². The van der Waals surface area contributed by atoms with Crippen LogP contribution in [0, 0.1) is 0 Å². The Kier molecular flexibility index (Phi) is 8.57. The molecule has 0 aliphatic carbocycles. The molecule has 0 saturated heterocycles. The van der Waals surface area contributed by atoms with E-state index < -0.39 is 0 Å². The molecule has 0 aliphatic heterocycles. The van der Waals surface area contributed by atoms with E-state index >= 15 is 0 Å². The molecule has 120 valence electrons. The average molecular weight is 300 g/mol. The molecule has 0 atom stereocenters. The van der Waals surface area contributed by atoms with Crippen molar-refractivity contribution in [3.8, 4) is 17.2 Å².